The maximum Gasteiger partial charge on any atom is 0.142 e. The van der Waals surface area contributed by atoms with Crippen molar-refractivity contribution in [1.82, 2.24) is 20.0 Å². The van der Waals surface area contributed by atoms with E-state index in [1.54, 1.807) is 16.8 Å². The molecule has 3 rings (SSSR count). The number of benzene rings is 1. The number of likely N-dealkylation sites (tertiary alicyclic amines) is 1. The summed E-state index contributed by atoms with van der Waals surface area (Å²) in [6, 6.07) is 5.39. The quantitative estimate of drug-likeness (QED) is 0.911. The molecule has 1 aliphatic rings. The smallest absolute Gasteiger partial charge is 0.142 e. The van der Waals surface area contributed by atoms with Gasteiger partial charge in [0.25, 0.3) is 0 Å². The van der Waals surface area contributed by atoms with Crippen LogP contribution < -0.4 is 5.32 Å². The van der Waals surface area contributed by atoms with Crippen LogP contribution in [0.3, 0.4) is 0 Å². The highest BCUT2D eigenvalue weighted by atomic mass is 35.5. The van der Waals surface area contributed by atoms with Gasteiger partial charge in [0.15, 0.2) is 0 Å². The number of aromatic nitrogens is 2. The van der Waals surface area contributed by atoms with Gasteiger partial charge in [-0.1, -0.05) is 17.7 Å². The Morgan fingerprint density at radius 2 is 2.22 bits per heavy atom. The summed E-state index contributed by atoms with van der Waals surface area (Å²) in [7, 11) is 4.01. The molecular weight excluding hydrogens is 315 g/mol. The van der Waals surface area contributed by atoms with Crippen molar-refractivity contribution in [2.24, 2.45) is 13.0 Å². The lowest BCUT2D eigenvalue weighted by Gasteiger charge is -2.26. The molecule has 0 bridgehead atoms. The van der Waals surface area contributed by atoms with E-state index in [-0.39, 0.29) is 16.9 Å². The number of nitrogens with zero attached hydrogens (tertiary/aromatic N) is 3. The van der Waals surface area contributed by atoms with E-state index >= 15 is 0 Å². The van der Waals surface area contributed by atoms with Crippen molar-refractivity contribution < 1.29 is 4.39 Å². The topological polar surface area (TPSA) is 33.1 Å². The average Bonchev–Trinajstić information content (AvgIpc) is 3.09. The summed E-state index contributed by atoms with van der Waals surface area (Å²) in [5, 5.41) is 7.86. The molecule has 2 atom stereocenters. The van der Waals surface area contributed by atoms with Crippen LogP contribution in [0.25, 0.3) is 0 Å². The number of rotatable bonds is 5. The summed E-state index contributed by atoms with van der Waals surface area (Å²) in [6.07, 6.45) is 4.99. The molecule has 124 valence electrons. The Kier molecular flexibility index (Phi) is 4.99. The zero-order chi connectivity index (χ0) is 16.4. The van der Waals surface area contributed by atoms with E-state index in [1.165, 1.54) is 5.56 Å². The first-order valence-electron chi connectivity index (χ1n) is 7.88. The first-order chi connectivity index (χ1) is 11.0. The molecule has 0 saturated carbocycles. The lowest BCUT2D eigenvalue weighted by Crippen LogP contribution is -2.28. The highest BCUT2D eigenvalue weighted by Gasteiger charge is 2.32. The number of aryl methyl sites for hydroxylation is 1. The molecule has 23 heavy (non-hydrogen) atoms. The van der Waals surface area contributed by atoms with Crippen molar-refractivity contribution in [1.29, 1.82) is 0 Å². The predicted molar refractivity (Wildman–Crippen MR) is 89.8 cm³/mol. The van der Waals surface area contributed by atoms with Gasteiger partial charge in [-0.15, -0.1) is 0 Å². The van der Waals surface area contributed by atoms with Crippen LogP contribution in [0.15, 0.2) is 30.6 Å². The van der Waals surface area contributed by atoms with Gasteiger partial charge in [0.1, 0.15) is 5.82 Å². The molecule has 0 amide bonds. The number of hydrogen-bond acceptors (Lipinski definition) is 3. The minimum atomic E-state index is -0.341. The summed E-state index contributed by atoms with van der Waals surface area (Å²) < 4.78 is 15.6. The van der Waals surface area contributed by atoms with Gasteiger partial charge in [0, 0.05) is 37.9 Å². The third-order valence-electron chi connectivity index (χ3n) is 4.55. The molecule has 1 aromatic carbocycles. The van der Waals surface area contributed by atoms with Crippen LogP contribution in [-0.4, -0.2) is 34.8 Å². The van der Waals surface area contributed by atoms with Gasteiger partial charge in [-0.25, -0.2) is 4.39 Å². The summed E-state index contributed by atoms with van der Waals surface area (Å²) in [4.78, 5) is 2.29. The highest BCUT2D eigenvalue weighted by molar-refractivity contribution is 6.30. The van der Waals surface area contributed by atoms with E-state index in [1.807, 2.05) is 25.5 Å². The third kappa shape index (κ3) is 3.74. The Morgan fingerprint density at radius 3 is 2.91 bits per heavy atom. The van der Waals surface area contributed by atoms with Crippen LogP contribution in [-0.2, 0) is 13.6 Å². The van der Waals surface area contributed by atoms with Gasteiger partial charge in [-0.3, -0.25) is 9.58 Å². The van der Waals surface area contributed by atoms with Crippen LogP contribution in [0.1, 0.15) is 23.6 Å². The summed E-state index contributed by atoms with van der Waals surface area (Å²) in [6.45, 7) is 2.72. The zero-order valence-corrected chi connectivity index (χ0v) is 14.2. The van der Waals surface area contributed by atoms with E-state index in [0.717, 1.165) is 31.6 Å². The lowest BCUT2D eigenvalue weighted by atomic mass is 9.93. The minimum Gasteiger partial charge on any atom is -0.312 e. The van der Waals surface area contributed by atoms with Crippen molar-refractivity contribution in [2.45, 2.75) is 19.0 Å². The van der Waals surface area contributed by atoms with Gasteiger partial charge < -0.3 is 5.32 Å². The van der Waals surface area contributed by atoms with E-state index in [2.05, 4.69) is 22.4 Å². The van der Waals surface area contributed by atoms with Crippen LogP contribution in [0, 0.1) is 11.7 Å². The molecule has 2 unspecified atom stereocenters. The maximum atomic E-state index is 13.8. The first kappa shape index (κ1) is 16.4. The van der Waals surface area contributed by atoms with Gasteiger partial charge in [0.05, 0.1) is 11.2 Å². The van der Waals surface area contributed by atoms with Gasteiger partial charge in [-0.05, 0) is 43.6 Å². The summed E-state index contributed by atoms with van der Waals surface area (Å²) in [5.74, 6) is 0.115. The molecule has 0 aliphatic carbocycles. The van der Waals surface area contributed by atoms with Crippen LogP contribution in [0.4, 0.5) is 4.39 Å². The average molecular weight is 337 g/mol. The highest BCUT2D eigenvalue weighted by Crippen LogP contribution is 2.36. The third-order valence-corrected chi connectivity index (χ3v) is 4.86. The van der Waals surface area contributed by atoms with Crippen molar-refractivity contribution >= 4 is 11.6 Å². The maximum absolute atomic E-state index is 13.8. The Labute approximate surface area is 141 Å². The number of hydrogen-bond donors (Lipinski definition) is 1. The predicted octanol–water partition coefficient (Wildman–Crippen LogP) is 3.00. The minimum absolute atomic E-state index is 0.181. The van der Waals surface area contributed by atoms with Crippen molar-refractivity contribution in [3.8, 4) is 0 Å². The van der Waals surface area contributed by atoms with Crippen LogP contribution in [0.5, 0.6) is 0 Å². The van der Waals surface area contributed by atoms with Gasteiger partial charge >= 0.3 is 0 Å². The van der Waals surface area contributed by atoms with Crippen LogP contribution in [0.2, 0.25) is 5.02 Å². The molecule has 1 aliphatic heterocycles. The van der Waals surface area contributed by atoms with E-state index in [9.17, 15) is 4.39 Å². The Hall–Kier alpha value is -1.43. The molecule has 1 fully saturated rings. The Morgan fingerprint density at radius 1 is 1.39 bits per heavy atom. The first-order valence-corrected chi connectivity index (χ1v) is 8.26. The fourth-order valence-electron chi connectivity index (χ4n) is 3.43. The zero-order valence-electron chi connectivity index (χ0n) is 13.5. The van der Waals surface area contributed by atoms with E-state index in [0.29, 0.717) is 5.92 Å². The second kappa shape index (κ2) is 6.99. The molecule has 0 spiro atoms. The van der Waals surface area contributed by atoms with Gasteiger partial charge in [-0.2, -0.15) is 5.10 Å². The number of halogens is 2. The fourth-order valence-corrected chi connectivity index (χ4v) is 3.55. The largest absolute Gasteiger partial charge is 0.312 e. The molecule has 1 saturated heterocycles. The molecule has 1 N–H and O–H groups in total. The monoisotopic (exact) mass is 336 g/mol. The molecule has 1 aromatic heterocycles. The lowest BCUT2D eigenvalue weighted by molar-refractivity contribution is 0.271. The van der Waals surface area contributed by atoms with Gasteiger partial charge in [0.2, 0.25) is 0 Å². The fraction of sp³-hybridized carbons (Fsp3) is 0.471. The second-order valence-corrected chi connectivity index (χ2v) is 6.71. The Balaban J connectivity index is 1.64. The van der Waals surface area contributed by atoms with E-state index in [4.69, 9.17) is 11.6 Å². The molecule has 2 aromatic rings. The van der Waals surface area contributed by atoms with E-state index < -0.39 is 0 Å². The SMILES string of the molecule is CN1CCC(CNCc2cnn(C)c2)C1c1ccc(Cl)c(F)c1. The van der Waals surface area contributed by atoms with Crippen molar-refractivity contribution in [3.05, 3.63) is 52.6 Å². The molecule has 0 radical (unpaired) electrons. The molecular formula is C17H22ClFN4. The Bertz CT molecular complexity index is 672. The second-order valence-electron chi connectivity index (χ2n) is 6.30. The summed E-state index contributed by atoms with van der Waals surface area (Å²) in [5.41, 5.74) is 2.17. The van der Waals surface area contributed by atoms with Crippen molar-refractivity contribution in [2.75, 3.05) is 20.1 Å². The van der Waals surface area contributed by atoms with Crippen molar-refractivity contribution in [3.63, 3.8) is 0 Å². The standard InChI is InChI=1S/C17H22ClFN4/c1-22-6-5-14(10-20-8-12-9-21-23(2)11-12)17(22)13-3-4-15(18)16(19)7-13/h3-4,7,9,11,14,17,20H,5-6,8,10H2,1-2H3. The normalized spacial score (nSPS) is 21.9. The molecule has 4 nitrogen and oxygen atoms in total. The molecule has 6 heteroatoms. The molecule has 2 heterocycles. The number of nitrogens with one attached hydrogen (secondary N) is 1. The summed E-state index contributed by atoms with van der Waals surface area (Å²) >= 11 is 5.80. The van der Waals surface area contributed by atoms with Crippen LogP contribution >= 0.6 is 11.6 Å².